The van der Waals surface area contributed by atoms with Crippen LogP contribution in [0.5, 0.6) is 0 Å². The summed E-state index contributed by atoms with van der Waals surface area (Å²) in [6, 6.07) is 6.03. The van der Waals surface area contributed by atoms with E-state index in [0.29, 0.717) is 12.5 Å². The maximum absolute atomic E-state index is 12.5. The molecular weight excluding hydrogens is 212 g/mol. The van der Waals surface area contributed by atoms with Crippen LogP contribution in [0.2, 0.25) is 0 Å². The van der Waals surface area contributed by atoms with E-state index in [1.54, 1.807) is 0 Å². The largest absolute Gasteiger partial charge is 0.370 e. The number of carbonyl (C=O) groups is 1. The first-order chi connectivity index (χ1) is 8.13. The van der Waals surface area contributed by atoms with Crippen molar-refractivity contribution in [1.82, 2.24) is 0 Å². The zero-order valence-electron chi connectivity index (χ0n) is 10.8. The van der Waals surface area contributed by atoms with Gasteiger partial charge in [0.1, 0.15) is 6.10 Å². The van der Waals surface area contributed by atoms with Crippen molar-refractivity contribution in [2.75, 3.05) is 6.61 Å². The van der Waals surface area contributed by atoms with Gasteiger partial charge in [0.25, 0.3) is 0 Å². The molecule has 1 aromatic carbocycles. The van der Waals surface area contributed by atoms with E-state index in [4.69, 9.17) is 4.74 Å². The summed E-state index contributed by atoms with van der Waals surface area (Å²) >= 11 is 0. The summed E-state index contributed by atoms with van der Waals surface area (Å²) in [4.78, 5) is 12.5. The van der Waals surface area contributed by atoms with Gasteiger partial charge < -0.3 is 4.74 Å². The summed E-state index contributed by atoms with van der Waals surface area (Å²) in [5.74, 6) is 0.609. The zero-order valence-corrected chi connectivity index (χ0v) is 10.8. The standard InChI is InChI=1S/C15H20O2/c1-4-17-15(12-7-8-12)14(16)13-9-10(2)5-6-11(13)3/h5-6,9,12,15H,4,7-8H2,1-3H3. The predicted octanol–water partition coefficient (Wildman–Crippen LogP) is 3.30. The summed E-state index contributed by atoms with van der Waals surface area (Å²) < 4.78 is 5.63. The SMILES string of the molecule is CCOC(C(=O)c1cc(C)ccc1C)C1CC1. The Labute approximate surface area is 103 Å². The molecule has 2 rings (SSSR count). The molecule has 0 aliphatic heterocycles. The van der Waals surface area contributed by atoms with Crippen molar-refractivity contribution in [3.05, 3.63) is 34.9 Å². The summed E-state index contributed by atoms with van der Waals surface area (Å²) in [6.45, 7) is 6.56. The van der Waals surface area contributed by atoms with Crippen molar-refractivity contribution in [3.8, 4) is 0 Å². The highest BCUT2D eigenvalue weighted by Gasteiger charge is 2.37. The lowest BCUT2D eigenvalue weighted by atomic mass is 9.97. The molecule has 0 aromatic heterocycles. The first kappa shape index (κ1) is 12.3. The van der Waals surface area contributed by atoms with Gasteiger partial charge in [0, 0.05) is 12.2 Å². The number of hydrogen-bond acceptors (Lipinski definition) is 2. The summed E-state index contributed by atoms with van der Waals surface area (Å²) in [6.07, 6.45) is 2.03. The second-order valence-electron chi connectivity index (χ2n) is 4.90. The number of ketones is 1. The normalized spacial score (nSPS) is 16.9. The van der Waals surface area contributed by atoms with E-state index >= 15 is 0 Å². The number of rotatable bonds is 5. The van der Waals surface area contributed by atoms with Crippen LogP contribution >= 0.6 is 0 Å². The van der Waals surface area contributed by atoms with E-state index in [1.807, 2.05) is 39.0 Å². The second kappa shape index (κ2) is 5.01. The minimum Gasteiger partial charge on any atom is -0.370 e. The molecule has 0 radical (unpaired) electrons. The Kier molecular flexibility index (Phi) is 3.63. The molecule has 1 fully saturated rings. The molecule has 1 unspecified atom stereocenters. The molecule has 0 amide bonds. The maximum atomic E-state index is 12.5. The maximum Gasteiger partial charge on any atom is 0.192 e. The van der Waals surface area contributed by atoms with Gasteiger partial charge in [0.2, 0.25) is 0 Å². The Bertz CT molecular complexity index is 419. The number of ether oxygens (including phenoxy) is 1. The third kappa shape index (κ3) is 2.75. The molecule has 0 spiro atoms. The van der Waals surface area contributed by atoms with Crippen molar-refractivity contribution in [3.63, 3.8) is 0 Å². The molecule has 0 heterocycles. The number of Topliss-reactive ketones (excluding diaryl/α,β-unsaturated/α-hetero) is 1. The highest BCUT2D eigenvalue weighted by atomic mass is 16.5. The zero-order chi connectivity index (χ0) is 12.4. The van der Waals surface area contributed by atoms with Crippen LogP contribution in [-0.4, -0.2) is 18.5 Å². The second-order valence-corrected chi connectivity index (χ2v) is 4.90. The van der Waals surface area contributed by atoms with Crippen LogP contribution in [0.4, 0.5) is 0 Å². The van der Waals surface area contributed by atoms with E-state index in [2.05, 4.69) is 0 Å². The number of hydrogen-bond donors (Lipinski definition) is 0. The molecule has 1 atom stereocenters. The molecule has 17 heavy (non-hydrogen) atoms. The Morgan fingerprint density at radius 3 is 2.71 bits per heavy atom. The predicted molar refractivity (Wildman–Crippen MR) is 68.4 cm³/mol. The topological polar surface area (TPSA) is 26.3 Å². The highest BCUT2D eigenvalue weighted by Crippen LogP contribution is 2.36. The summed E-state index contributed by atoms with van der Waals surface area (Å²) in [5.41, 5.74) is 3.01. The van der Waals surface area contributed by atoms with Gasteiger partial charge in [-0.3, -0.25) is 4.79 Å². The molecule has 2 nitrogen and oxygen atoms in total. The smallest absolute Gasteiger partial charge is 0.192 e. The molecular formula is C15H20O2. The van der Waals surface area contributed by atoms with E-state index in [1.165, 1.54) is 0 Å². The van der Waals surface area contributed by atoms with Crippen LogP contribution in [0, 0.1) is 19.8 Å². The van der Waals surface area contributed by atoms with Crippen molar-refractivity contribution in [2.24, 2.45) is 5.92 Å². The first-order valence-electron chi connectivity index (χ1n) is 6.36. The fourth-order valence-corrected chi connectivity index (χ4v) is 2.16. The number of benzene rings is 1. The van der Waals surface area contributed by atoms with Crippen molar-refractivity contribution < 1.29 is 9.53 Å². The molecule has 1 aliphatic carbocycles. The van der Waals surface area contributed by atoms with Gasteiger partial charge in [-0.25, -0.2) is 0 Å². The van der Waals surface area contributed by atoms with Crippen LogP contribution in [0.25, 0.3) is 0 Å². The Morgan fingerprint density at radius 1 is 1.41 bits per heavy atom. The molecule has 1 aromatic rings. The first-order valence-corrected chi connectivity index (χ1v) is 6.36. The van der Waals surface area contributed by atoms with Gasteiger partial charge in [-0.05, 0) is 51.2 Å². The fraction of sp³-hybridized carbons (Fsp3) is 0.533. The molecule has 0 N–H and O–H groups in total. The Morgan fingerprint density at radius 2 is 2.12 bits per heavy atom. The van der Waals surface area contributed by atoms with Gasteiger partial charge in [-0.15, -0.1) is 0 Å². The monoisotopic (exact) mass is 232 g/mol. The molecule has 92 valence electrons. The van der Waals surface area contributed by atoms with Gasteiger partial charge in [-0.1, -0.05) is 17.7 Å². The van der Waals surface area contributed by atoms with Crippen LogP contribution in [0.15, 0.2) is 18.2 Å². The van der Waals surface area contributed by atoms with E-state index in [0.717, 1.165) is 29.5 Å². The lowest BCUT2D eigenvalue weighted by Gasteiger charge is -2.16. The highest BCUT2D eigenvalue weighted by molar-refractivity contribution is 6.01. The molecule has 1 aliphatic rings. The van der Waals surface area contributed by atoms with Crippen LogP contribution in [0.3, 0.4) is 0 Å². The Balaban J connectivity index is 2.24. The molecule has 2 heteroatoms. The third-order valence-electron chi connectivity index (χ3n) is 3.31. The summed E-state index contributed by atoms with van der Waals surface area (Å²) in [5, 5.41) is 0. The van der Waals surface area contributed by atoms with Gasteiger partial charge in [0.15, 0.2) is 5.78 Å². The Hall–Kier alpha value is -1.15. The van der Waals surface area contributed by atoms with Gasteiger partial charge in [0.05, 0.1) is 0 Å². The van der Waals surface area contributed by atoms with Crippen LogP contribution in [0.1, 0.15) is 41.3 Å². The minimum atomic E-state index is -0.222. The number of carbonyl (C=O) groups excluding carboxylic acids is 1. The van der Waals surface area contributed by atoms with Crippen LogP contribution < -0.4 is 0 Å². The van der Waals surface area contributed by atoms with E-state index in [-0.39, 0.29) is 11.9 Å². The molecule has 1 saturated carbocycles. The average molecular weight is 232 g/mol. The number of aryl methyl sites for hydroxylation is 2. The molecule has 0 bridgehead atoms. The lowest BCUT2D eigenvalue weighted by molar-refractivity contribution is 0.0374. The van der Waals surface area contributed by atoms with Crippen LogP contribution in [-0.2, 0) is 4.74 Å². The average Bonchev–Trinajstić information content (AvgIpc) is 3.12. The van der Waals surface area contributed by atoms with Crippen molar-refractivity contribution >= 4 is 5.78 Å². The van der Waals surface area contributed by atoms with E-state index in [9.17, 15) is 4.79 Å². The third-order valence-corrected chi connectivity index (χ3v) is 3.31. The van der Waals surface area contributed by atoms with Crippen molar-refractivity contribution in [1.29, 1.82) is 0 Å². The van der Waals surface area contributed by atoms with Gasteiger partial charge >= 0.3 is 0 Å². The van der Waals surface area contributed by atoms with E-state index < -0.39 is 0 Å². The lowest BCUT2D eigenvalue weighted by Crippen LogP contribution is -2.27. The molecule has 0 saturated heterocycles. The van der Waals surface area contributed by atoms with Crippen molar-refractivity contribution in [2.45, 2.75) is 39.7 Å². The quantitative estimate of drug-likeness (QED) is 0.728. The fourth-order valence-electron chi connectivity index (χ4n) is 2.16. The summed E-state index contributed by atoms with van der Waals surface area (Å²) in [7, 11) is 0. The minimum absolute atomic E-state index is 0.163. The van der Waals surface area contributed by atoms with Gasteiger partial charge in [-0.2, -0.15) is 0 Å².